The van der Waals surface area contributed by atoms with Crippen molar-refractivity contribution in [1.82, 2.24) is 10.2 Å². The first-order valence-corrected chi connectivity index (χ1v) is 5.24. The van der Waals surface area contributed by atoms with Crippen LogP contribution in [-0.4, -0.2) is 51.3 Å². The third-order valence-corrected chi connectivity index (χ3v) is 2.82. The summed E-state index contributed by atoms with van der Waals surface area (Å²) in [5, 5.41) is 3.35. The van der Waals surface area contributed by atoms with Gasteiger partial charge in [0, 0.05) is 32.8 Å². The van der Waals surface area contributed by atoms with Gasteiger partial charge in [-0.2, -0.15) is 0 Å². The molecule has 1 aliphatic carbocycles. The van der Waals surface area contributed by atoms with Crippen molar-refractivity contribution in [3.05, 3.63) is 0 Å². The van der Waals surface area contributed by atoms with E-state index in [9.17, 15) is 0 Å². The largest absolute Gasteiger partial charge is 0.383 e. The number of nitrogens with one attached hydrogen (secondary N) is 1. The highest BCUT2D eigenvalue weighted by Gasteiger charge is 2.20. The van der Waals surface area contributed by atoms with Crippen LogP contribution in [0, 0.1) is 0 Å². The number of hydrogen-bond acceptors (Lipinski definition) is 3. The average molecular weight is 186 g/mol. The fourth-order valence-corrected chi connectivity index (χ4v) is 1.56. The zero-order valence-electron chi connectivity index (χ0n) is 8.88. The molecule has 0 bridgehead atoms. The van der Waals surface area contributed by atoms with Crippen molar-refractivity contribution in [2.24, 2.45) is 0 Å². The van der Waals surface area contributed by atoms with Gasteiger partial charge in [0.25, 0.3) is 0 Å². The van der Waals surface area contributed by atoms with E-state index in [-0.39, 0.29) is 0 Å². The van der Waals surface area contributed by atoms with E-state index >= 15 is 0 Å². The lowest BCUT2D eigenvalue weighted by Crippen LogP contribution is -2.41. The third-order valence-electron chi connectivity index (χ3n) is 2.82. The Morgan fingerprint density at radius 1 is 1.38 bits per heavy atom. The first-order valence-electron chi connectivity index (χ1n) is 5.24. The quantitative estimate of drug-likeness (QED) is 0.593. The Labute approximate surface area is 81.4 Å². The molecular weight excluding hydrogens is 164 g/mol. The first-order chi connectivity index (χ1) is 6.34. The van der Waals surface area contributed by atoms with Crippen LogP contribution in [0.25, 0.3) is 0 Å². The Balaban J connectivity index is 1.86. The molecule has 0 radical (unpaired) electrons. The highest BCUT2D eigenvalue weighted by molar-refractivity contribution is 4.77. The predicted molar refractivity (Wildman–Crippen MR) is 55.0 cm³/mol. The van der Waals surface area contributed by atoms with E-state index in [1.165, 1.54) is 19.3 Å². The van der Waals surface area contributed by atoms with Crippen LogP contribution in [0.15, 0.2) is 0 Å². The lowest BCUT2D eigenvalue weighted by Gasteiger charge is -2.34. The van der Waals surface area contributed by atoms with Crippen molar-refractivity contribution in [2.75, 3.05) is 40.4 Å². The van der Waals surface area contributed by atoms with Crippen LogP contribution in [0.4, 0.5) is 0 Å². The van der Waals surface area contributed by atoms with Crippen LogP contribution in [-0.2, 0) is 4.74 Å². The minimum absolute atomic E-state index is 0.813. The molecule has 1 rings (SSSR count). The second-order valence-electron chi connectivity index (χ2n) is 3.81. The molecule has 0 spiro atoms. The Morgan fingerprint density at radius 2 is 2.15 bits per heavy atom. The van der Waals surface area contributed by atoms with Crippen molar-refractivity contribution >= 4 is 0 Å². The minimum Gasteiger partial charge on any atom is -0.383 e. The maximum Gasteiger partial charge on any atom is 0.0587 e. The average Bonchev–Trinajstić information content (AvgIpc) is 2.01. The third kappa shape index (κ3) is 4.07. The Morgan fingerprint density at radius 3 is 2.69 bits per heavy atom. The molecule has 13 heavy (non-hydrogen) atoms. The fraction of sp³-hybridized carbons (Fsp3) is 1.00. The summed E-state index contributed by atoms with van der Waals surface area (Å²) in [7, 11) is 3.96. The number of hydrogen-bond donors (Lipinski definition) is 1. The maximum atomic E-state index is 4.95. The Bertz CT molecular complexity index is 126. The second-order valence-corrected chi connectivity index (χ2v) is 3.81. The van der Waals surface area contributed by atoms with Crippen molar-refractivity contribution in [3.8, 4) is 0 Å². The summed E-state index contributed by atoms with van der Waals surface area (Å²) in [5.74, 6) is 0. The SMILES string of the molecule is COCCNCCN(C)C1CCC1. The summed E-state index contributed by atoms with van der Waals surface area (Å²) in [4.78, 5) is 2.46. The predicted octanol–water partition coefficient (Wildman–Crippen LogP) is 0.707. The molecule has 1 saturated carbocycles. The van der Waals surface area contributed by atoms with Crippen molar-refractivity contribution in [3.63, 3.8) is 0 Å². The van der Waals surface area contributed by atoms with Crippen LogP contribution >= 0.6 is 0 Å². The molecule has 1 N–H and O–H groups in total. The molecule has 0 heterocycles. The molecule has 0 amide bonds. The molecule has 0 aromatic rings. The standard InChI is InChI=1S/C10H22N2O/c1-12(10-4-3-5-10)8-6-11-7-9-13-2/h10-11H,3-9H2,1-2H3. The zero-order chi connectivity index (χ0) is 9.52. The molecule has 3 heteroatoms. The van der Waals surface area contributed by atoms with Gasteiger partial charge in [0.15, 0.2) is 0 Å². The topological polar surface area (TPSA) is 24.5 Å². The smallest absolute Gasteiger partial charge is 0.0587 e. The van der Waals surface area contributed by atoms with Gasteiger partial charge in [-0.05, 0) is 19.9 Å². The van der Waals surface area contributed by atoms with E-state index in [0.29, 0.717) is 0 Å². The number of likely N-dealkylation sites (N-methyl/N-ethyl adjacent to an activating group) is 1. The molecular formula is C10H22N2O. The molecule has 1 aliphatic rings. The van der Waals surface area contributed by atoms with Crippen molar-refractivity contribution < 1.29 is 4.74 Å². The Kier molecular flexibility index (Phi) is 5.35. The van der Waals surface area contributed by atoms with Gasteiger partial charge in [0.1, 0.15) is 0 Å². The van der Waals surface area contributed by atoms with Gasteiger partial charge in [-0.1, -0.05) is 6.42 Å². The second kappa shape index (κ2) is 6.35. The van der Waals surface area contributed by atoms with Crippen LogP contribution in [0.5, 0.6) is 0 Å². The Hall–Kier alpha value is -0.120. The van der Waals surface area contributed by atoms with Gasteiger partial charge in [-0.15, -0.1) is 0 Å². The molecule has 78 valence electrons. The minimum atomic E-state index is 0.813. The van der Waals surface area contributed by atoms with E-state index < -0.39 is 0 Å². The summed E-state index contributed by atoms with van der Waals surface area (Å²) in [6, 6.07) is 0.865. The fourth-order valence-electron chi connectivity index (χ4n) is 1.56. The van der Waals surface area contributed by atoms with Gasteiger partial charge in [-0.3, -0.25) is 0 Å². The maximum absolute atomic E-state index is 4.95. The summed E-state index contributed by atoms with van der Waals surface area (Å²) in [6.07, 6.45) is 4.22. The normalized spacial score (nSPS) is 17.8. The molecule has 0 unspecified atom stereocenters. The molecule has 0 aliphatic heterocycles. The lowest BCUT2D eigenvalue weighted by atomic mass is 9.92. The van der Waals surface area contributed by atoms with E-state index in [1.54, 1.807) is 7.11 Å². The van der Waals surface area contributed by atoms with Crippen LogP contribution < -0.4 is 5.32 Å². The lowest BCUT2D eigenvalue weighted by molar-refractivity contribution is 0.157. The molecule has 0 aromatic heterocycles. The number of nitrogens with zero attached hydrogens (tertiary/aromatic N) is 1. The summed E-state index contributed by atoms with van der Waals surface area (Å²) in [6.45, 7) is 4.02. The number of methoxy groups -OCH3 is 1. The van der Waals surface area contributed by atoms with Crippen LogP contribution in [0.1, 0.15) is 19.3 Å². The van der Waals surface area contributed by atoms with Gasteiger partial charge >= 0.3 is 0 Å². The molecule has 3 nitrogen and oxygen atoms in total. The van der Waals surface area contributed by atoms with E-state index in [0.717, 1.165) is 32.3 Å². The van der Waals surface area contributed by atoms with Crippen molar-refractivity contribution in [1.29, 1.82) is 0 Å². The van der Waals surface area contributed by atoms with Crippen LogP contribution in [0.3, 0.4) is 0 Å². The van der Waals surface area contributed by atoms with Gasteiger partial charge in [0.05, 0.1) is 6.61 Å². The number of rotatable bonds is 7. The molecule has 0 saturated heterocycles. The summed E-state index contributed by atoms with van der Waals surface area (Å²) in [5.41, 5.74) is 0. The monoisotopic (exact) mass is 186 g/mol. The van der Waals surface area contributed by atoms with Crippen molar-refractivity contribution in [2.45, 2.75) is 25.3 Å². The van der Waals surface area contributed by atoms with E-state index in [2.05, 4.69) is 17.3 Å². The van der Waals surface area contributed by atoms with Gasteiger partial charge < -0.3 is 15.0 Å². The van der Waals surface area contributed by atoms with Gasteiger partial charge in [-0.25, -0.2) is 0 Å². The summed E-state index contributed by atoms with van der Waals surface area (Å²) >= 11 is 0. The molecule has 0 aromatic carbocycles. The first kappa shape index (κ1) is 11.0. The highest BCUT2D eigenvalue weighted by Crippen LogP contribution is 2.22. The van der Waals surface area contributed by atoms with Crippen LogP contribution in [0.2, 0.25) is 0 Å². The summed E-state index contributed by atoms with van der Waals surface area (Å²) < 4.78 is 4.95. The number of ether oxygens (including phenoxy) is 1. The molecule has 1 fully saturated rings. The van der Waals surface area contributed by atoms with E-state index in [4.69, 9.17) is 4.74 Å². The van der Waals surface area contributed by atoms with Gasteiger partial charge in [0.2, 0.25) is 0 Å². The molecule has 0 atom stereocenters. The van der Waals surface area contributed by atoms with E-state index in [1.807, 2.05) is 0 Å². The highest BCUT2D eigenvalue weighted by atomic mass is 16.5. The zero-order valence-corrected chi connectivity index (χ0v) is 8.88.